The molecule has 2 heterocycles. The molecular formula is C9H17ClN4O2S. The summed E-state index contributed by atoms with van der Waals surface area (Å²) in [5, 5.41) is 3.88. The van der Waals surface area contributed by atoms with Gasteiger partial charge in [-0.3, -0.25) is 4.68 Å². The minimum atomic E-state index is -3.37. The fraction of sp³-hybridized carbons (Fsp3) is 0.667. The van der Waals surface area contributed by atoms with Gasteiger partial charge in [-0.15, -0.1) is 12.4 Å². The Morgan fingerprint density at radius 2 is 2.00 bits per heavy atom. The maximum Gasteiger partial charge on any atom is 0.246 e. The molecule has 6 nitrogen and oxygen atoms in total. The van der Waals surface area contributed by atoms with Crippen LogP contribution in [0.3, 0.4) is 0 Å². The lowest BCUT2D eigenvalue weighted by Crippen LogP contribution is -2.42. The fourth-order valence-corrected chi connectivity index (χ4v) is 3.25. The van der Waals surface area contributed by atoms with Crippen molar-refractivity contribution in [3.8, 4) is 0 Å². The van der Waals surface area contributed by atoms with Gasteiger partial charge >= 0.3 is 0 Å². The van der Waals surface area contributed by atoms with Crippen LogP contribution >= 0.6 is 12.4 Å². The Kier molecular flexibility index (Phi) is 4.54. The second-order valence-electron chi connectivity index (χ2n) is 4.09. The molecule has 8 heteroatoms. The monoisotopic (exact) mass is 280 g/mol. The predicted octanol–water partition coefficient (Wildman–Crippen LogP) is -0.0463. The van der Waals surface area contributed by atoms with Crippen molar-refractivity contribution >= 4 is 22.4 Å². The Labute approximate surface area is 107 Å². The van der Waals surface area contributed by atoms with E-state index in [0.29, 0.717) is 13.1 Å². The highest BCUT2D eigenvalue weighted by Crippen LogP contribution is 2.19. The largest absolute Gasteiger partial charge is 0.328 e. The normalized spacial score (nSPS) is 18.9. The third-order valence-corrected chi connectivity index (χ3v) is 4.67. The van der Waals surface area contributed by atoms with E-state index >= 15 is 0 Å². The van der Waals surface area contributed by atoms with Crippen molar-refractivity contribution in [3.05, 3.63) is 12.4 Å². The summed E-state index contributed by atoms with van der Waals surface area (Å²) in [7, 11) is -1.67. The van der Waals surface area contributed by atoms with Crippen molar-refractivity contribution in [3.63, 3.8) is 0 Å². The van der Waals surface area contributed by atoms with Gasteiger partial charge in [0.05, 0.1) is 6.20 Å². The molecule has 0 atom stereocenters. The zero-order chi connectivity index (χ0) is 11.8. The molecule has 2 rings (SSSR count). The zero-order valence-electron chi connectivity index (χ0n) is 9.61. The number of nitrogens with zero attached hydrogens (tertiary/aromatic N) is 3. The van der Waals surface area contributed by atoms with Crippen LogP contribution in [0.1, 0.15) is 12.8 Å². The van der Waals surface area contributed by atoms with Gasteiger partial charge in [-0.05, 0) is 12.8 Å². The smallest absolute Gasteiger partial charge is 0.246 e. The maximum absolute atomic E-state index is 12.1. The average molecular weight is 281 g/mol. The minimum Gasteiger partial charge on any atom is -0.328 e. The molecule has 0 amide bonds. The molecule has 0 unspecified atom stereocenters. The van der Waals surface area contributed by atoms with Crippen molar-refractivity contribution in [1.82, 2.24) is 14.1 Å². The molecule has 1 fully saturated rings. The molecular weight excluding hydrogens is 264 g/mol. The van der Waals surface area contributed by atoms with Crippen LogP contribution in [-0.2, 0) is 17.1 Å². The second-order valence-corrected chi connectivity index (χ2v) is 6.03. The first-order valence-corrected chi connectivity index (χ1v) is 6.68. The Bertz CT molecular complexity index is 465. The average Bonchev–Trinajstić information content (AvgIpc) is 2.66. The Morgan fingerprint density at radius 3 is 2.47 bits per heavy atom. The van der Waals surface area contributed by atoms with Crippen molar-refractivity contribution in [2.45, 2.75) is 23.8 Å². The maximum atomic E-state index is 12.1. The quantitative estimate of drug-likeness (QED) is 0.824. The number of halogens is 1. The molecule has 0 aromatic carbocycles. The highest BCUT2D eigenvalue weighted by Gasteiger charge is 2.28. The number of piperidine rings is 1. The summed E-state index contributed by atoms with van der Waals surface area (Å²) in [6, 6.07) is 0.125. The summed E-state index contributed by atoms with van der Waals surface area (Å²) in [4.78, 5) is 0.255. The first kappa shape index (κ1) is 14.4. The van der Waals surface area contributed by atoms with E-state index < -0.39 is 10.0 Å². The van der Waals surface area contributed by atoms with E-state index in [0.717, 1.165) is 12.8 Å². The Balaban J connectivity index is 0.00000144. The van der Waals surface area contributed by atoms with Gasteiger partial charge in [0, 0.05) is 32.4 Å². The number of hydrogen-bond acceptors (Lipinski definition) is 4. The van der Waals surface area contributed by atoms with E-state index in [-0.39, 0.29) is 23.3 Å². The number of nitrogens with two attached hydrogens (primary N) is 1. The summed E-state index contributed by atoms with van der Waals surface area (Å²) < 4.78 is 27.2. The molecule has 1 saturated heterocycles. The van der Waals surface area contributed by atoms with Crippen LogP contribution in [0.5, 0.6) is 0 Å². The molecule has 98 valence electrons. The lowest BCUT2D eigenvalue weighted by Gasteiger charge is -2.28. The van der Waals surface area contributed by atoms with Crippen molar-refractivity contribution in [1.29, 1.82) is 0 Å². The van der Waals surface area contributed by atoms with E-state index in [1.165, 1.54) is 21.4 Å². The molecule has 17 heavy (non-hydrogen) atoms. The number of sulfonamides is 1. The molecule has 0 radical (unpaired) electrons. The van der Waals surface area contributed by atoms with Crippen molar-refractivity contribution in [2.24, 2.45) is 12.8 Å². The first-order chi connectivity index (χ1) is 7.50. The second kappa shape index (κ2) is 5.34. The van der Waals surface area contributed by atoms with Crippen LogP contribution < -0.4 is 5.73 Å². The van der Waals surface area contributed by atoms with E-state index in [2.05, 4.69) is 5.10 Å². The standard InChI is InChI=1S/C9H16N4O2S.ClH/c1-12-7-9(6-11-12)16(14,15)13-4-2-8(10)3-5-13;/h6-8H,2-5,10H2,1H3;1H. The summed E-state index contributed by atoms with van der Waals surface area (Å²) >= 11 is 0. The van der Waals surface area contributed by atoms with Gasteiger partial charge in [-0.25, -0.2) is 8.42 Å². The molecule has 1 aromatic heterocycles. The van der Waals surface area contributed by atoms with E-state index in [9.17, 15) is 8.42 Å². The molecule has 1 aliphatic rings. The van der Waals surface area contributed by atoms with E-state index in [1.54, 1.807) is 7.05 Å². The lowest BCUT2D eigenvalue weighted by atomic mass is 10.1. The predicted molar refractivity (Wildman–Crippen MR) is 66.4 cm³/mol. The highest BCUT2D eigenvalue weighted by molar-refractivity contribution is 7.89. The lowest BCUT2D eigenvalue weighted by molar-refractivity contribution is 0.320. The molecule has 1 aliphatic heterocycles. The number of rotatable bonds is 2. The summed E-state index contributed by atoms with van der Waals surface area (Å²) in [6.45, 7) is 0.997. The van der Waals surface area contributed by atoms with Gasteiger partial charge < -0.3 is 5.73 Å². The molecule has 0 spiro atoms. The van der Waals surface area contributed by atoms with Crippen LogP contribution in [-0.4, -0.2) is 41.6 Å². The van der Waals surface area contributed by atoms with E-state index in [1.807, 2.05) is 0 Å². The molecule has 0 saturated carbocycles. The van der Waals surface area contributed by atoms with Crippen LogP contribution in [0.4, 0.5) is 0 Å². The highest BCUT2D eigenvalue weighted by atomic mass is 35.5. The first-order valence-electron chi connectivity index (χ1n) is 5.24. The SMILES string of the molecule is Cl.Cn1cc(S(=O)(=O)N2CCC(N)CC2)cn1. The summed E-state index contributed by atoms with van der Waals surface area (Å²) in [6.07, 6.45) is 4.34. The molecule has 0 aliphatic carbocycles. The van der Waals surface area contributed by atoms with Crippen LogP contribution in [0.15, 0.2) is 17.3 Å². The number of hydrogen-bond donors (Lipinski definition) is 1. The fourth-order valence-electron chi connectivity index (χ4n) is 1.80. The van der Waals surface area contributed by atoms with Gasteiger partial charge in [-0.1, -0.05) is 0 Å². The zero-order valence-corrected chi connectivity index (χ0v) is 11.2. The van der Waals surface area contributed by atoms with Crippen molar-refractivity contribution in [2.75, 3.05) is 13.1 Å². The number of aryl methyl sites for hydroxylation is 1. The minimum absolute atomic E-state index is 0. The number of aromatic nitrogens is 2. The van der Waals surface area contributed by atoms with Crippen LogP contribution in [0.2, 0.25) is 0 Å². The topological polar surface area (TPSA) is 81.2 Å². The molecule has 1 aromatic rings. The third-order valence-electron chi connectivity index (χ3n) is 2.82. The summed E-state index contributed by atoms with van der Waals surface area (Å²) in [5.41, 5.74) is 5.75. The van der Waals surface area contributed by atoms with E-state index in [4.69, 9.17) is 5.73 Å². The third kappa shape index (κ3) is 2.98. The van der Waals surface area contributed by atoms with Gasteiger partial charge in [-0.2, -0.15) is 9.40 Å². The van der Waals surface area contributed by atoms with Gasteiger partial charge in [0.15, 0.2) is 0 Å². The summed E-state index contributed by atoms with van der Waals surface area (Å²) in [5.74, 6) is 0. The molecule has 0 bridgehead atoms. The Morgan fingerprint density at radius 1 is 1.41 bits per heavy atom. The molecule has 2 N–H and O–H groups in total. The van der Waals surface area contributed by atoms with Gasteiger partial charge in [0.25, 0.3) is 0 Å². The van der Waals surface area contributed by atoms with Crippen LogP contribution in [0.25, 0.3) is 0 Å². The van der Waals surface area contributed by atoms with Gasteiger partial charge in [0.2, 0.25) is 10.0 Å². The van der Waals surface area contributed by atoms with Gasteiger partial charge in [0.1, 0.15) is 4.90 Å². The van der Waals surface area contributed by atoms with Crippen molar-refractivity contribution < 1.29 is 8.42 Å². The van der Waals surface area contributed by atoms with Crippen LogP contribution in [0, 0.1) is 0 Å². The Hall–Kier alpha value is -0.630.